The van der Waals surface area contributed by atoms with Crippen LogP contribution in [0, 0.1) is 17.6 Å². The second-order valence-electron chi connectivity index (χ2n) is 4.58. The fraction of sp³-hybridized carbons (Fsp3) is 0.385. The second-order valence-corrected chi connectivity index (χ2v) is 4.58. The van der Waals surface area contributed by atoms with Crippen LogP contribution in [0.1, 0.15) is 18.4 Å². The van der Waals surface area contributed by atoms with Crippen LogP contribution in [0.3, 0.4) is 0 Å². The van der Waals surface area contributed by atoms with E-state index in [0.717, 1.165) is 12.1 Å². The Labute approximate surface area is 108 Å². The molecule has 102 valence electrons. The second kappa shape index (κ2) is 5.34. The molecule has 0 aromatic heterocycles. The van der Waals surface area contributed by atoms with Crippen molar-refractivity contribution in [3.05, 3.63) is 35.4 Å². The Bertz CT molecular complexity index is 519. The number of amides is 1. The van der Waals surface area contributed by atoms with Gasteiger partial charge < -0.3 is 10.0 Å². The first kappa shape index (κ1) is 13.5. The van der Waals surface area contributed by atoms with E-state index < -0.39 is 23.5 Å². The van der Waals surface area contributed by atoms with Crippen molar-refractivity contribution in [1.29, 1.82) is 0 Å². The van der Waals surface area contributed by atoms with Crippen LogP contribution in [-0.2, 0) is 16.1 Å². The molecule has 1 fully saturated rings. The van der Waals surface area contributed by atoms with Crippen LogP contribution in [0.25, 0.3) is 0 Å². The fourth-order valence-corrected chi connectivity index (χ4v) is 2.12. The lowest BCUT2D eigenvalue weighted by Crippen LogP contribution is -2.42. The largest absolute Gasteiger partial charge is 0.481 e. The van der Waals surface area contributed by atoms with Crippen molar-refractivity contribution in [2.45, 2.75) is 19.4 Å². The standard InChI is InChI=1S/C13H13F2NO3/c14-10-3-1-8(11(15)5-10)6-16-7-9(13(18)19)2-4-12(16)17/h1,3,5,9H,2,4,6-7H2,(H,18,19). The lowest BCUT2D eigenvalue weighted by Gasteiger charge is -2.30. The highest BCUT2D eigenvalue weighted by Gasteiger charge is 2.30. The minimum atomic E-state index is -0.961. The van der Waals surface area contributed by atoms with Crippen molar-refractivity contribution in [1.82, 2.24) is 4.90 Å². The molecule has 19 heavy (non-hydrogen) atoms. The van der Waals surface area contributed by atoms with Gasteiger partial charge in [0.15, 0.2) is 0 Å². The highest BCUT2D eigenvalue weighted by molar-refractivity contribution is 5.80. The fourth-order valence-electron chi connectivity index (χ4n) is 2.12. The molecule has 1 N–H and O–H groups in total. The van der Waals surface area contributed by atoms with Gasteiger partial charge in [0.1, 0.15) is 11.6 Å². The van der Waals surface area contributed by atoms with E-state index in [-0.39, 0.29) is 31.0 Å². The van der Waals surface area contributed by atoms with Gasteiger partial charge in [-0.2, -0.15) is 0 Å². The van der Waals surface area contributed by atoms with E-state index >= 15 is 0 Å². The molecule has 0 spiro atoms. The summed E-state index contributed by atoms with van der Waals surface area (Å²) in [5.41, 5.74) is 0.181. The highest BCUT2D eigenvalue weighted by atomic mass is 19.1. The number of hydrogen-bond acceptors (Lipinski definition) is 2. The molecule has 1 aromatic rings. The Balaban J connectivity index is 2.12. The average molecular weight is 269 g/mol. The van der Waals surface area contributed by atoms with Gasteiger partial charge in [-0.05, 0) is 12.5 Å². The van der Waals surface area contributed by atoms with Crippen molar-refractivity contribution < 1.29 is 23.5 Å². The molecule has 1 aliphatic heterocycles. The molecule has 1 heterocycles. The summed E-state index contributed by atoms with van der Waals surface area (Å²) in [7, 11) is 0. The first-order valence-corrected chi connectivity index (χ1v) is 5.92. The summed E-state index contributed by atoms with van der Waals surface area (Å²) in [6, 6.07) is 3.13. The molecule has 0 aliphatic carbocycles. The number of benzene rings is 1. The van der Waals surface area contributed by atoms with E-state index in [4.69, 9.17) is 5.11 Å². The number of likely N-dealkylation sites (tertiary alicyclic amines) is 1. The van der Waals surface area contributed by atoms with Crippen LogP contribution in [0.15, 0.2) is 18.2 Å². The summed E-state index contributed by atoms with van der Waals surface area (Å²) in [6.07, 6.45) is 0.441. The molecule has 6 heteroatoms. The average Bonchev–Trinajstić information content (AvgIpc) is 2.34. The number of halogens is 2. The molecule has 1 aliphatic rings. The number of piperidine rings is 1. The lowest BCUT2D eigenvalue weighted by atomic mass is 9.97. The molecular weight excluding hydrogens is 256 g/mol. The zero-order valence-electron chi connectivity index (χ0n) is 10.1. The van der Waals surface area contributed by atoms with Gasteiger partial charge in [0.05, 0.1) is 5.92 Å². The Morgan fingerprint density at radius 1 is 1.42 bits per heavy atom. The van der Waals surface area contributed by atoms with E-state index in [1.54, 1.807) is 0 Å². The van der Waals surface area contributed by atoms with Crippen molar-refractivity contribution >= 4 is 11.9 Å². The Morgan fingerprint density at radius 2 is 2.16 bits per heavy atom. The normalized spacial score (nSPS) is 19.6. The lowest BCUT2D eigenvalue weighted by molar-refractivity contribution is -0.147. The molecule has 4 nitrogen and oxygen atoms in total. The Hall–Kier alpha value is -1.98. The van der Waals surface area contributed by atoms with Gasteiger partial charge in [-0.15, -0.1) is 0 Å². The number of carbonyl (C=O) groups excluding carboxylic acids is 1. The Kier molecular flexibility index (Phi) is 3.78. The predicted octanol–water partition coefficient (Wildman–Crippen LogP) is 1.79. The van der Waals surface area contributed by atoms with E-state index in [1.165, 1.54) is 11.0 Å². The third kappa shape index (κ3) is 3.07. The molecule has 1 amide bonds. The summed E-state index contributed by atoms with van der Waals surface area (Å²) in [6.45, 7) is 0.0275. The monoisotopic (exact) mass is 269 g/mol. The first-order valence-electron chi connectivity index (χ1n) is 5.92. The number of aliphatic carboxylic acids is 1. The van der Waals surface area contributed by atoms with E-state index in [0.29, 0.717) is 6.42 Å². The van der Waals surface area contributed by atoms with Gasteiger partial charge in [0.2, 0.25) is 5.91 Å². The zero-order chi connectivity index (χ0) is 14.0. The van der Waals surface area contributed by atoms with Gasteiger partial charge >= 0.3 is 5.97 Å². The molecule has 1 unspecified atom stereocenters. The van der Waals surface area contributed by atoms with Crippen LogP contribution in [0.2, 0.25) is 0 Å². The van der Waals surface area contributed by atoms with Gasteiger partial charge in [-0.1, -0.05) is 6.07 Å². The molecule has 2 rings (SSSR count). The van der Waals surface area contributed by atoms with Gasteiger partial charge in [0, 0.05) is 31.1 Å². The minimum Gasteiger partial charge on any atom is -0.481 e. The third-order valence-corrected chi connectivity index (χ3v) is 3.23. The van der Waals surface area contributed by atoms with Crippen LogP contribution in [-0.4, -0.2) is 28.4 Å². The molecular formula is C13H13F2NO3. The van der Waals surface area contributed by atoms with Crippen LogP contribution in [0.4, 0.5) is 8.78 Å². The Morgan fingerprint density at radius 3 is 2.79 bits per heavy atom. The highest BCUT2D eigenvalue weighted by Crippen LogP contribution is 2.21. The summed E-state index contributed by atoms with van der Waals surface area (Å²) in [5, 5.41) is 8.94. The minimum absolute atomic E-state index is 0.0330. The van der Waals surface area contributed by atoms with Crippen LogP contribution >= 0.6 is 0 Å². The summed E-state index contributed by atoms with van der Waals surface area (Å²) < 4.78 is 26.3. The molecule has 1 atom stereocenters. The maximum Gasteiger partial charge on any atom is 0.308 e. The number of carboxylic acid groups (broad SMARTS) is 1. The summed E-state index contributed by atoms with van der Waals surface area (Å²) in [5.74, 6) is -3.21. The molecule has 0 saturated carbocycles. The van der Waals surface area contributed by atoms with Crippen molar-refractivity contribution in [2.75, 3.05) is 6.54 Å². The number of carbonyl (C=O) groups is 2. The molecule has 0 radical (unpaired) electrons. The quantitative estimate of drug-likeness (QED) is 0.910. The van der Waals surface area contributed by atoms with Gasteiger partial charge in [-0.3, -0.25) is 9.59 Å². The van der Waals surface area contributed by atoms with Crippen molar-refractivity contribution in [3.8, 4) is 0 Å². The molecule has 1 saturated heterocycles. The van der Waals surface area contributed by atoms with Crippen LogP contribution in [0.5, 0.6) is 0 Å². The van der Waals surface area contributed by atoms with Gasteiger partial charge in [0.25, 0.3) is 0 Å². The summed E-state index contributed by atoms with van der Waals surface area (Å²) in [4.78, 5) is 23.9. The number of nitrogens with zero attached hydrogens (tertiary/aromatic N) is 1. The molecule has 0 bridgehead atoms. The van der Waals surface area contributed by atoms with Crippen molar-refractivity contribution in [2.24, 2.45) is 5.92 Å². The number of rotatable bonds is 3. The zero-order valence-corrected chi connectivity index (χ0v) is 10.1. The maximum absolute atomic E-state index is 13.5. The SMILES string of the molecule is O=C(O)C1CCC(=O)N(Cc2ccc(F)cc2F)C1. The van der Waals surface area contributed by atoms with Gasteiger partial charge in [-0.25, -0.2) is 8.78 Å². The van der Waals surface area contributed by atoms with Crippen molar-refractivity contribution in [3.63, 3.8) is 0 Å². The topological polar surface area (TPSA) is 57.6 Å². The smallest absolute Gasteiger partial charge is 0.308 e. The first-order chi connectivity index (χ1) is 8.97. The maximum atomic E-state index is 13.5. The third-order valence-electron chi connectivity index (χ3n) is 3.23. The van der Waals surface area contributed by atoms with E-state index in [1.807, 2.05) is 0 Å². The van der Waals surface area contributed by atoms with E-state index in [2.05, 4.69) is 0 Å². The number of carboxylic acids is 1. The number of hydrogen-bond donors (Lipinski definition) is 1. The molecule has 1 aromatic carbocycles. The predicted molar refractivity (Wildman–Crippen MR) is 62.1 cm³/mol. The summed E-state index contributed by atoms with van der Waals surface area (Å²) >= 11 is 0. The van der Waals surface area contributed by atoms with Crippen LogP contribution < -0.4 is 0 Å². The van der Waals surface area contributed by atoms with E-state index in [9.17, 15) is 18.4 Å².